The van der Waals surface area contributed by atoms with E-state index in [9.17, 15) is 4.79 Å². The second-order valence-electron chi connectivity index (χ2n) is 9.35. The summed E-state index contributed by atoms with van der Waals surface area (Å²) in [5, 5.41) is 6.44. The molecule has 9 heteroatoms. The lowest BCUT2D eigenvalue weighted by Crippen LogP contribution is -2.20. The third kappa shape index (κ3) is 5.44. The van der Waals surface area contributed by atoms with Crippen LogP contribution in [0.15, 0.2) is 105 Å². The molecule has 0 saturated heterocycles. The molecular weight excluding hydrogens is 554 g/mol. The molecule has 4 aromatic carbocycles. The average Bonchev–Trinajstić information content (AvgIpc) is 3.46. The lowest BCUT2D eigenvalue weighted by molar-refractivity contribution is 0.269. The van der Waals surface area contributed by atoms with Gasteiger partial charge in [0.2, 0.25) is 5.82 Å². The number of ether oxygens (including phenoxy) is 3. The molecule has 0 N–H and O–H groups in total. The Morgan fingerprint density at radius 3 is 2.55 bits per heavy atom. The average molecular weight is 580 g/mol. The van der Waals surface area contributed by atoms with Crippen LogP contribution in [0.25, 0.3) is 33.5 Å². The number of rotatable bonds is 9. The van der Waals surface area contributed by atoms with Crippen molar-refractivity contribution < 1.29 is 18.6 Å². The molecule has 0 spiro atoms. The number of hydrogen-bond acceptors (Lipinski definition) is 7. The number of fused-ring (bicyclic) bond motifs is 2. The van der Waals surface area contributed by atoms with Crippen LogP contribution in [-0.2, 0) is 6.61 Å². The number of benzene rings is 4. The molecule has 0 unspecified atom stereocenters. The van der Waals surface area contributed by atoms with E-state index >= 15 is 0 Å². The second-order valence-corrected chi connectivity index (χ2v) is 9.79. The van der Waals surface area contributed by atoms with Crippen LogP contribution in [0.2, 0.25) is 5.02 Å². The van der Waals surface area contributed by atoms with Crippen molar-refractivity contribution in [3.63, 3.8) is 0 Å². The molecule has 0 radical (unpaired) electrons. The van der Waals surface area contributed by atoms with Gasteiger partial charge in [0.15, 0.2) is 17.3 Å². The van der Waals surface area contributed by atoms with Gasteiger partial charge in [-0.25, -0.2) is 4.98 Å². The molecule has 2 heterocycles. The Kier molecular flexibility index (Phi) is 7.62. The molecule has 8 nitrogen and oxygen atoms in total. The van der Waals surface area contributed by atoms with Crippen molar-refractivity contribution >= 4 is 39.7 Å². The maximum Gasteiger partial charge on any atom is 0.282 e. The van der Waals surface area contributed by atoms with Gasteiger partial charge in [0.1, 0.15) is 17.9 Å². The Hall–Kier alpha value is -5.08. The van der Waals surface area contributed by atoms with E-state index in [1.807, 2.05) is 73.7 Å². The lowest BCUT2D eigenvalue weighted by atomic mass is 10.2. The molecular formula is C33H26ClN3O5. The minimum atomic E-state index is -0.327. The molecule has 210 valence electrons. The summed E-state index contributed by atoms with van der Waals surface area (Å²) in [5.74, 6) is 2.45. The van der Waals surface area contributed by atoms with Crippen LogP contribution in [0.1, 0.15) is 18.1 Å². The third-order valence-corrected chi connectivity index (χ3v) is 6.87. The smallest absolute Gasteiger partial charge is 0.282 e. The number of nitrogens with zero attached hydrogens (tertiary/aromatic N) is 3. The monoisotopic (exact) mass is 579 g/mol. The fourth-order valence-electron chi connectivity index (χ4n) is 4.57. The van der Waals surface area contributed by atoms with Gasteiger partial charge < -0.3 is 18.6 Å². The highest BCUT2D eigenvalue weighted by Crippen LogP contribution is 2.33. The first kappa shape index (κ1) is 27.1. The molecule has 0 atom stereocenters. The molecule has 0 fully saturated rings. The largest absolute Gasteiger partial charge is 0.496 e. The van der Waals surface area contributed by atoms with Crippen molar-refractivity contribution in [2.75, 3.05) is 13.7 Å². The molecule has 0 amide bonds. The molecule has 6 aromatic rings. The summed E-state index contributed by atoms with van der Waals surface area (Å²) < 4.78 is 24.7. The van der Waals surface area contributed by atoms with Gasteiger partial charge in [-0.15, -0.1) is 0 Å². The highest BCUT2D eigenvalue weighted by molar-refractivity contribution is 6.30. The quantitative estimate of drug-likeness (QED) is 0.167. The van der Waals surface area contributed by atoms with Gasteiger partial charge in [-0.1, -0.05) is 41.9 Å². The molecule has 0 bridgehead atoms. The highest BCUT2D eigenvalue weighted by atomic mass is 35.5. The Bertz CT molecular complexity index is 1980. The van der Waals surface area contributed by atoms with Gasteiger partial charge >= 0.3 is 0 Å². The first-order valence-electron chi connectivity index (χ1n) is 13.3. The summed E-state index contributed by atoms with van der Waals surface area (Å²) in [6.07, 6.45) is 1.58. The van der Waals surface area contributed by atoms with Crippen molar-refractivity contribution in [2.24, 2.45) is 5.10 Å². The third-order valence-electron chi connectivity index (χ3n) is 6.61. The van der Waals surface area contributed by atoms with Gasteiger partial charge in [0.05, 0.1) is 36.2 Å². The van der Waals surface area contributed by atoms with Crippen LogP contribution >= 0.6 is 11.6 Å². The highest BCUT2D eigenvalue weighted by Gasteiger charge is 2.18. The van der Waals surface area contributed by atoms with Gasteiger partial charge in [0.25, 0.3) is 5.56 Å². The predicted octanol–water partition coefficient (Wildman–Crippen LogP) is 7.33. The molecule has 42 heavy (non-hydrogen) atoms. The first-order valence-corrected chi connectivity index (χ1v) is 13.7. The van der Waals surface area contributed by atoms with Crippen molar-refractivity contribution in [2.45, 2.75) is 13.5 Å². The van der Waals surface area contributed by atoms with Gasteiger partial charge in [0, 0.05) is 5.02 Å². The maximum atomic E-state index is 13.6. The summed E-state index contributed by atoms with van der Waals surface area (Å²) in [7, 11) is 1.60. The zero-order valence-electron chi connectivity index (χ0n) is 22.9. The zero-order valence-corrected chi connectivity index (χ0v) is 23.7. The molecule has 0 aliphatic carbocycles. The van der Waals surface area contributed by atoms with Crippen LogP contribution in [0.3, 0.4) is 0 Å². The number of furan rings is 1. The van der Waals surface area contributed by atoms with E-state index in [4.69, 9.17) is 35.2 Å². The summed E-state index contributed by atoms with van der Waals surface area (Å²) in [6, 6.07) is 27.4. The van der Waals surface area contributed by atoms with Crippen LogP contribution in [0, 0.1) is 0 Å². The minimum Gasteiger partial charge on any atom is -0.496 e. The number of methoxy groups -OCH3 is 1. The molecule has 0 aliphatic heterocycles. The zero-order chi connectivity index (χ0) is 29.1. The van der Waals surface area contributed by atoms with Crippen molar-refractivity contribution in [3.8, 4) is 28.8 Å². The Balaban J connectivity index is 1.38. The molecule has 0 aliphatic rings. The van der Waals surface area contributed by atoms with E-state index in [-0.39, 0.29) is 11.4 Å². The molecule has 0 saturated carbocycles. The Morgan fingerprint density at radius 1 is 0.905 bits per heavy atom. The SMILES string of the molecule is CCOc1cc(C=Nn2c(-c3cc4c(OC)cccc4o3)nc3ccccc3c2=O)ccc1OCc1ccc(Cl)cc1. The van der Waals surface area contributed by atoms with Crippen LogP contribution in [-0.4, -0.2) is 29.6 Å². The summed E-state index contributed by atoms with van der Waals surface area (Å²) in [6.45, 7) is 2.71. The van der Waals surface area contributed by atoms with Crippen LogP contribution < -0.4 is 19.8 Å². The van der Waals surface area contributed by atoms with Crippen molar-refractivity contribution in [1.82, 2.24) is 9.66 Å². The van der Waals surface area contributed by atoms with Crippen molar-refractivity contribution in [3.05, 3.63) is 117 Å². The molecule has 2 aromatic heterocycles. The number of hydrogen-bond donors (Lipinski definition) is 0. The van der Waals surface area contributed by atoms with Crippen LogP contribution in [0.4, 0.5) is 0 Å². The van der Waals surface area contributed by atoms with Crippen molar-refractivity contribution in [1.29, 1.82) is 0 Å². The van der Waals surface area contributed by atoms with E-state index in [2.05, 4.69) is 5.10 Å². The van der Waals surface area contributed by atoms with E-state index in [1.54, 1.807) is 37.6 Å². The van der Waals surface area contributed by atoms with E-state index < -0.39 is 0 Å². The Morgan fingerprint density at radius 2 is 1.74 bits per heavy atom. The van der Waals surface area contributed by atoms with Gasteiger partial charge in [-0.05, 0) is 78.7 Å². The minimum absolute atomic E-state index is 0.265. The lowest BCUT2D eigenvalue weighted by Gasteiger charge is -2.13. The number of aromatic nitrogens is 2. The van der Waals surface area contributed by atoms with Gasteiger partial charge in [-0.3, -0.25) is 4.79 Å². The standard InChI is InChI=1S/C33H26ClN3O5/c1-3-40-30-17-22(13-16-29(30)41-20-21-11-14-23(34)15-12-21)19-35-37-32(36-26-8-5-4-7-24(26)33(37)38)31-18-25-27(39-2)9-6-10-28(25)42-31/h4-19H,3,20H2,1-2H3. The summed E-state index contributed by atoms with van der Waals surface area (Å²) in [4.78, 5) is 18.4. The molecule has 6 rings (SSSR count). The van der Waals surface area contributed by atoms with E-state index in [1.165, 1.54) is 4.68 Å². The van der Waals surface area contributed by atoms with Crippen LogP contribution in [0.5, 0.6) is 17.2 Å². The van der Waals surface area contributed by atoms with Gasteiger partial charge in [-0.2, -0.15) is 9.78 Å². The van der Waals surface area contributed by atoms with E-state index in [0.29, 0.717) is 63.3 Å². The topological polar surface area (TPSA) is 88.1 Å². The first-order chi connectivity index (χ1) is 20.5. The summed E-state index contributed by atoms with van der Waals surface area (Å²) >= 11 is 5.99. The predicted molar refractivity (Wildman–Crippen MR) is 164 cm³/mol. The second kappa shape index (κ2) is 11.8. The van der Waals surface area contributed by atoms with E-state index in [0.717, 1.165) is 10.9 Å². The fraction of sp³-hybridized carbons (Fsp3) is 0.121. The fourth-order valence-corrected chi connectivity index (χ4v) is 4.70. The maximum absolute atomic E-state index is 13.6. The normalized spacial score (nSPS) is 11.4. The number of halogens is 1. The summed E-state index contributed by atoms with van der Waals surface area (Å²) in [5.41, 5.74) is 2.50. The number of para-hydroxylation sites is 1. The Labute approximate surface area is 246 Å².